The van der Waals surface area contributed by atoms with Crippen molar-refractivity contribution in [2.45, 2.75) is 58.2 Å². The van der Waals surface area contributed by atoms with Gasteiger partial charge in [0.1, 0.15) is 0 Å². The van der Waals surface area contributed by atoms with Crippen LogP contribution in [0.15, 0.2) is 0 Å². The summed E-state index contributed by atoms with van der Waals surface area (Å²) < 4.78 is 25.9. The molecule has 1 aliphatic heterocycles. The van der Waals surface area contributed by atoms with E-state index in [9.17, 15) is 13.6 Å². The molecule has 1 heterocycles. The SMILES string of the molecule is CC(C)N(CCNC(=O)C1CC(F)(F)CN1)C(C)C. The van der Waals surface area contributed by atoms with Crippen LogP contribution >= 0.6 is 0 Å². The highest BCUT2D eigenvalue weighted by Crippen LogP contribution is 2.24. The molecule has 1 atom stereocenters. The summed E-state index contributed by atoms with van der Waals surface area (Å²) in [4.78, 5) is 14.0. The Morgan fingerprint density at radius 1 is 1.37 bits per heavy atom. The van der Waals surface area contributed by atoms with Crippen LogP contribution in [0.25, 0.3) is 0 Å². The van der Waals surface area contributed by atoms with Crippen LogP contribution < -0.4 is 10.6 Å². The number of hydrogen-bond acceptors (Lipinski definition) is 3. The van der Waals surface area contributed by atoms with Crippen LogP contribution in [-0.4, -0.2) is 54.5 Å². The van der Waals surface area contributed by atoms with Crippen LogP contribution in [0.3, 0.4) is 0 Å². The van der Waals surface area contributed by atoms with Crippen molar-refractivity contribution in [3.05, 3.63) is 0 Å². The van der Waals surface area contributed by atoms with Crippen molar-refractivity contribution in [1.29, 1.82) is 0 Å². The highest BCUT2D eigenvalue weighted by atomic mass is 19.3. The van der Waals surface area contributed by atoms with Gasteiger partial charge in [-0.2, -0.15) is 0 Å². The van der Waals surface area contributed by atoms with E-state index in [-0.39, 0.29) is 5.91 Å². The maximum Gasteiger partial charge on any atom is 0.262 e. The Morgan fingerprint density at radius 3 is 2.37 bits per heavy atom. The number of alkyl halides is 2. The van der Waals surface area contributed by atoms with E-state index >= 15 is 0 Å². The lowest BCUT2D eigenvalue weighted by Gasteiger charge is -2.30. The Morgan fingerprint density at radius 2 is 1.95 bits per heavy atom. The van der Waals surface area contributed by atoms with E-state index in [2.05, 4.69) is 43.2 Å². The molecule has 0 bridgehead atoms. The molecule has 0 aliphatic carbocycles. The maximum atomic E-state index is 13.0. The second-order valence-corrected chi connectivity index (χ2v) is 5.71. The molecular formula is C13H25F2N3O. The molecule has 0 aromatic rings. The minimum Gasteiger partial charge on any atom is -0.353 e. The summed E-state index contributed by atoms with van der Waals surface area (Å²) in [6, 6.07) is 0.0261. The van der Waals surface area contributed by atoms with E-state index in [4.69, 9.17) is 0 Å². The molecule has 1 fully saturated rings. The zero-order chi connectivity index (χ0) is 14.6. The van der Waals surface area contributed by atoms with Crippen LogP contribution in [0.4, 0.5) is 8.78 Å². The van der Waals surface area contributed by atoms with Crippen LogP contribution in [0.5, 0.6) is 0 Å². The van der Waals surface area contributed by atoms with Gasteiger partial charge in [0.2, 0.25) is 5.91 Å². The molecule has 4 nitrogen and oxygen atoms in total. The number of amides is 1. The monoisotopic (exact) mass is 277 g/mol. The lowest BCUT2D eigenvalue weighted by molar-refractivity contribution is -0.123. The molecule has 6 heteroatoms. The zero-order valence-corrected chi connectivity index (χ0v) is 12.2. The van der Waals surface area contributed by atoms with Crippen molar-refractivity contribution < 1.29 is 13.6 Å². The molecule has 0 aromatic heterocycles. The lowest BCUT2D eigenvalue weighted by Crippen LogP contribution is -2.46. The van der Waals surface area contributed by atoms with E-state index in [1.165, 1.54) is 0 Å². The van der Waals surface area contributed by atoms with Gasteiger partial charge in [0.15, 0.2) is 0 Å². The molecule has 2 N–H and O–H groups in total. The Kier molecular flexibility index (Phi) is 5.67. The molecular weight excluding hydrogens is 252 g/mol. The van der Waals surface area contributed by atoms with Crippen molar-refractivity contribution in [3.8, 4) is 0 Å². The van der Waals surface area contributed by atoms with Gasteiger partial charge in [0, 0.05) is 31.6 Å². The highest BCUT2D eigenvalue weighted by Gasteiger charge is 2.42. The van der Waals surface area contributed by atoms with Gasteiger partial charge in [-0.05, 0) is 27.7 Å². The van der Waals surface area contributed by atoms with E-state index in [1.54, 1.807) is 0 Å². The topological polar surface area (TPSA) is 44.4 Å². The molecule has 1 aliphatic rings. The average molecular weight is 277 g/mol. The number of nitrogens with zero attached hydrogens (tertiary/aromatic N) is 1. The molecule has 1 rings (SSSR count). The number of halogens is 2. The summed E-state index contributed by atoms with van der Waals surface area (Å²) in [5.74, 6) is -3.09. The molecule has 112 valence electrons. The number of carbonyl (C=O) groups is 1. The Bertz CT molecular complexity index is 300. The standard InChI is InChI=1S/C13H25F2N3O/c1-9(2)18(10(3)4)6-5-16-12(19)11-7-13(14,15)8-17-11/h9-11,17H,5-8H2,1-4H3,(H,16,19). The van der Waals surface area contributed by atoms with Gasteiger partial charge in [-0.1, -0.05) is 0 Å². The molecule has 0 radical (unpaired) electrons. The van der Waals surface area contributed by atoms with E-state index < -0.39 is 24.9 Å². The molecule has 1 saturated heterocycles. The zero-order valence-electron chi connectivity index (χ0n) is 12.2. The normalized spacial score (nSPS) is 22.5. The number of nitrogens with one attached hydrogen (secondary N) is 2. The summed E-state index contributed by atoms with van der Waals surface area (Å²) in [7, 11) is 0. The van der Waals surface area contributed by atoms with Gasteiger partial charge in [-0.15, -0.1) is 0 Å². The fourth-order valence-corrected chi connectivity index (χ4v) is 2.44. The van der Waals surface area contributed by atoms with Crippen LogP contribution in [-0.2, 0) is 4.79 Å². The van der Waals surface area contributed by atoms with E-state index in [0.717, 1.165) is 6.54 Å². The molecule has 0 aromatic carbocycles. The molecule has 0 saturated carbocycles. The third-order valence-electron chi connectivity index (χ3n) is 3.42. The van der Waals surface area contributed by atoms with Crippen LogP contribution in [0, 0.1) is 0 Å². The van der Waals surface area contributed by atoms with Gasteiger partial charge in [-0.25, -0.2) is 8.78 Å². The smallest absolute Gasteiger partial charge is 0.262 e. The largest absolute Gasteiger partial charge is 0.353 e. The number of carbonyl (C=O) groups excluding carboxylic acids is 1. The van der Waals surface area contributed by atoms with Gasteiger partial charge < -0.3 is 5.32 Å². The first-order chi connectivity index (χ1) is 8.73. The fourth-order valence-electron chi connectivity index (χ4n) is 2.44. The molecule has 19 heavy (non-hydrogen) atoms. The number of hydrogen-bond donors (Lipinski definition) is 2. The lowest BCUT2D eigenvalue weighted by atomic mass is 10.2. The minimum atomic E-state index is -2.76. The molecule has 0 spiro atoms. The van der Waals surface area contributed by atoms with Crippen molar-refractivity contribution in [2.75, 3.05) is 19.6 Å². The fraction of sp³-hybridized carbons (Fsp3) is 0.923. The Balaban J connectivity index is 2.31. The third-order valence-corrected chi connectivity index (χ3v) is 3.42. The number of rotatable bonds is 6. The third kappa shape index (κ3) is 5.03. The van der Waals surface area contributed by atoms with Crippen LogP contribution in [0.2, 0.25) is 0 Å². The molecule has 1 amide bonds. The first-order valence-electron chi connectivity index (χ1n) is 6.87. The summed E-state index contributed by atoms with van der Waals surface area (Å²) in [6.07, 6.45) is -0.406. The predicted octanol–water partition coefficient (Wildman–Crippen LogP) is 1.22. The quantitative estimate of drug-likeness (QED) is 0.767. The van der Waals surface area contributed by atoms with Gasteiger partial charge >= 0.3 is 0 Å². The van der Waals surface area contributed by atoms with E-state index in [1.807, 2.05) is 0 Å². The first-order valence-corrected chi connectivity index (χ1v) is 6.87. The van der Waals surface area contributed by atoms with Gasteiger partial charge in [0.25, 0.3) is 5.92 Å². The summed E-state index contributed by atoms with van der Waals surface area (Å²) in [5.41, 5.74) is 0. The second-order valence-electron chi connectivity index (χ2n) is 5.71. The Labute approximate surface area is 113 Å². The highest BCUT2D eigenvalue weighted by molar-refractivity contribution is 5.82. The van der Waals surface area contributed by atoms with Crippen molar-refractivity contribution >= 4 is 5.91 Å². The van der Waals surface area contributed by atoms with Crippen molar-refractivity contribution in [1.82, 2.24) is 15.5 Å². The minimum absolute atomic E-state index is 0.329. The second kappa shape index (κ2) is 6.61. The predicted molar refractivity (Wildman–Crippen MR) is 71.3 cm³/mol. The van der Waals surface area contributed by atoms with Crippen molar-refractivity contribution in [2.24, 2.45) is 0 Å². The average Bonchev–Trinajstić information content (AvgIpc) is 2.63. The summed E-state index contributed by atoms with van der Waals surface area (Å²) >= 11 is 0. The van der Waals surface area contributed by atoms with Gasteiger partial charge in [0.05, 0.1) is 12.6 Å². The maximum absolute atomic E-state index is 13.0. The first kappa shape index (κ1) is 16.3. The van der Waals surface area contributed by atoms with Crippen LogP contribution in [0.1, 0.15) is 34.1 Å². The summed E-state index contributed by atoms with van der Waals surface area (Å²) in [5, 5.41) is 5.28. The molecule has 1 unspecified atom stereocenters. The Hall–Kier alpha value is -0.750. The van der Waals surface area contributed by atoms with Crippen molar-refractivity contribution in [3.63, 3.8) is 0 Å². The summed E-state index contributed by atoms with van der Waals surface area (Å²) in [6.45, 7) is 9.20. The van der Waals surface area contributed by atoms with Gasteiger partial charge in [-0.3, -0.25) is 15.0 Å². The van der Waals surface area contributed by atoms with E-state index in [0.29, 0.717) is 18.6 Å².